The normalized spacial score (nSPS) is 15.3. The van der Waals surface area contributed by atoms with Crippen LogP contribution in [0.5, 0.6) is 0 Å². The average molecular weight is 323 g/mol. The second-order valence-electron chi connectivity index (χ2n) is 6.51. The summed E-state index contributed by atoms with van der Waals surface area (Å²) >= 11 is 0. The van der Waals surface area contributed by atoms with Crippen molar-refractivity contribution in [2.24, 2.45) is 0 Å². The standard InChI is InChI=1S/C20H25N3O/c1-15-8-10-16(11-9-15)14-19(20(24)23-12-4-5-13-23)22-18-7-3-2-6-17(18)21/h2-3,6-11,19,22H,4-5,12-14,21H2,1H3/t19-/m0/s1. The molecule has 1 heterocycles. The summed E-state index contributed by atoms with van der Waals surface area (Å²) in [7, 11) is 0. The molecule has 0 saturated carbocycles. The number of hydrogen-bond acceptors (Lipinski definition) is 3. The van der Waals surface area contributed by atoms with Crippen molar-refractivity contribution in [3.05, 3.63) is 59.7 Å². The summed E-state index contributed by atoms with van der Waals surface area (Å²) in [4.78, 5) is 14.9. The smallest absolute Gasteiger partial charge is 0.245 e. The molecule has 0 aliphatic carbocycles. The van der Waals surface area contributed by atoms with Gasteiger partial charge in [0.2, 0.25) is 5.91 Å². The number of nitrogens with one attached hydrogen (secondary N) is 1. The minimum atomic E-state index is -0.296. The average Bonchev–Trinajstić information content (AvgIpc) is 3.12. The van der Waals surface area contributed by atoms with Gasteiger partial charge < -0.3 is 16.0 Å². The van der Waals surface area contributed by atoms with Crippen LogP contribution in [0.4, 0.5) is 11.4 Å². The lowest BCUT2D eigenvalue weighted by atomic mass is 10.0. The molecule has 0 unspecified atom stereocenters. The van der Waals surface area contributed by atoms with E-state index in [4.69, 9.17) is 5.73 Å². The van der Waals surface area contributed by atoms with E-state index in [0.717, 1.165) is 37.2 Å². The first-order valence-electron chi connectivity index (χ1n) is 8.59. The highest BCUT2D eigenvalue weighted by Gasteiger charge is 2.27. The first-order valence-corrected chi connectivity index (χ1v) is 8.59. The molecule has 2 aromatic rings. The van der Waals surface area contributed by atoms with E-state index in [1.165, 1.54) is 5.56 Å². The zero-order chi connectivity index (χ0) is 16.9. The maximum atomic E-state index is 13.0. The van der Waals surface area contributed by atoms with Crippen LogP contribution >= 0.6 is 0 Å². The van der Waals surface area contributed by atoms with E-state index >= 15 is 0 Å². The van der Waals surface area contributed by atoms with E-state index in [1.807, 2.05) is 29.2 Å². The molecule has 1 saturated heterocycles. The molecular formula is C20H25N3O. The zero-order valence-electron chi connectivity index (χ0n) is 14.2. The van der Waals surface area contributed by atoms with Crippen molar-refractivity contribution >= 4 is 17.3 Å². The first-order chi connectivity index (χ1) is 11.6. The second-order valence-corrected chi connectivity index (χ2v) is 6.51. The number of aryl methyl sites for hydroxylation is 1. The Morgan fingerprint density at radius 2 is 1.79 bits per heavy atom. The lowest BCUT2D eigenvalue weighted by molar-refractivity contribution is -0.130. The number of nitrogen functional groups attached to an aromatic ring is 1. The Labute approximate surface area is 143 Å². The molecule has 4 nitrogen and oxygen atoms in total. The van der Waals surface area contributed by atoms with Crippen molar-refractivity contribution in [1.29, 1.82) is 0 Å². The summed E-state index contributed by atoms with van der Waals surface area (Å²) in [5.41, 5.74) is 9.91. The maximum Gasteiger partial charge on any atom is 0.245 e. The Balaban J connectivity index is 1.81. The van der Waals surface area contributed by atoms with Crippen LogP contribution in [0.3, 0.4) is 0 Å². The summed E-state index contributed by atoms with van der Waals surface area (Å²) in [6.45, 7) is 3.78. The molecule has 1 atom stereocenters. The van der Waals surface area contributed by atoms with Gasteiger partial charge in [0.25, 0.3) is 0 Å². The van der Waals surface area contributed by atoms with E-state index < -0.39 is 0 Å². The van der Waals surface area contributed by atoms with E-state index in [2.05, 4.69) is 36.5 Å². The topological polar surface area (TPSA) is 58.4 Å². The predicted molar refractivity (Wildman–Crippen MR) is 99.0 cm³/mol. The van der Waals surface area contributed by atoms with Crippen molar-refractivity contribution < 1.29 is 4.79 Å². The van der Waals surface area contributed by atoms with Gasteiger partial charge in [0, 0.05) is 19.5 Å². The number of hydrogen-bond donors (Lipinski definition) is 2. The molecule has 126 valence electrons. The monoisotopic (exact) mass is 323 g/mol. The van der Waals surface area contributed by atoms with Crippen molar-refractivity contribution in [1.82, 2.24) is 4.90 Å². The fourth-order valence-corrected chi connectivity index (χ4v) is 3.13. The summed E-state index contributed by atoms with van der Waals surface area (Å²) in [6.07, 6.45) is 2.84. The Hall–Kier alpha value is -2.49. The Morgan fingerprint density at radius 1 is 1.12 bits per heavy atom. The number of para-hydroxylation sites is 2. The number of nitrogens with zero attached hydrogens (tertiary/aromatic N) is 1. The SMILES string of the molecule is Cc1ccc(C[C@H](Nc2ccccc2N)C(=O)N2CCCC2)cc1. The molecule has 24 heavy (non-hydrogen) atoms. The van der Waals surface area contributed by atoms with Crippen molar-refractivity contribution in [3.8, 4) is 0 Å². The molecule has 0 spiro atoms. The largest absolute Gasteiger partial charge is 0.397 e. The van der Waals surface area contributed by atoms with Crippen LogP contribution in [0.1, 0.15) is 24.0 Å². The van der Waals surface area contributed by atoms with Gasteiger partial charge in [-0.1, -0.05) is 42.0 Å². The Bertz CT molecular complexity index is 690. The van der Waals surface area contributed by atoms with Gasteiger partial charge in [-0.05, 0) is 37.5 Å². The molecule has 0 bridgehead atoms. The third-order valence-electron chi connectivity index (χ3n) is 4.57. The third-order valence-corrected chi connectivity index (χ3v) is 4.57. The van der Waals surface area contributed by atoms with Crippen molar-refractivity contribution in [2.45, 2.75) is 32.2 Å². The van der Waals surface area contributed by atoms with Crippen LogP contribution in [-0.4, -0.2) is 29.9 Å². The van der Waals surface area contributed by atoms with E-state index in [1.54, 1.807) is 0 Å². The van der Waals surface area contributed by atoms with Gasteiger partial charge in [-0.25, -0.2) is 0 Å². The molecule has 1 amide bonds. The van der Waals surface area contributed by atoms with E-state index in [0.29, 0.717) is 12.1 Å². The Kier molecular flexibility index (Phi) is 5.04. The van der Waals surface area contributed by atoms with Crippen LogP contribution in [0.15, 0.2) is 48.5 Å². The first kappa shape index (κ1) is 16.4. The van der Waals surface area contributed by atoms with Gasteiger partial charge in [0.15, 0.2) is 0 Å². The number of carbonyl (C=O) groups excluding carboxylic acids is 1. The van der Waals surface area contributed by atoms with Gasteiger partial charge in [0.1, 0.15) is 6.04 Å². The van der Waals surface area contributed by atoms with Crippen LogP contribution in [0.25, 0.3) is 0 Å². The van der Waals surface area contributed by atoms with Crippen molar-refractivity contribution in [2.75, 3.05) is 24.1 Å². The molecule has 0 aromatic heterocycles. The fraction of sp³-hybridized carbons (Fsp3) is 0.350. The lowest BCUT2D eigenvalue weighted by Crippen LogP contribution is -2.42. The van der Waals surface area contributed by atoms with Gasteiger partial charge in [-0.2, -0.15) is 0 Å². The highest BCUT2D eigenvalue weighted by atomic mass is 16.2. The van der Waals surface area contributed by atoms with Crippen molar-refractivity contribution in [3.63, 3.8) is 0 Å². The lowest BCUT2D eigenvalue weighted by Gasteiger charge is -2.25. The molecule has 1 fully saturated rings. The van der Waals surface area contributed by atoms with E-state index in [-0.39, 0.29) is 11.9 Å². The minimum absolute atomic E-state index is 0.163. The van der Waals surface area contributed by atoms with Crippen LogP contribution < -0.4 is 11.1 Å². The third kappa shape index (κ3) is 3.88. The number of benzene rings is 2. The molecular weight excluding hydrogens is 298 g/mol. The fourth-order valence-electron chi connectivity index (χ4n) is 3.13. The highest BCUT2D eigenvalue weighted by Crippen LogP contribution is 2.21. The minimum Gasteiger partial charge on any atom is -0.397 e. The van der Waals surface area contributed by atoms with Gasteiger partial charge in [-0.15, -0.1) is 0 Å². The quantitative estimate of drug-likeness (QED) is 0.831. The molecule has 3 N–H and O–H groups in total. The van der Waals surface area contributed by atoms with Gasteiger partial charge >= 0.3 is 0 Å². The second kappa shape index (κ2) is 7.39. The predicted octanol–water partition coefficient (Wildman–Crippen LogP) is 3.22. The Morgan fingerprint density at radius 3 is 2.46 bits per heavy atom. The number of amides is 1. The zero-order valence-corrected chi connectivity index (χ0v) is 14.2. The molecule has 0 radical (unpaired) electrons. The summed E-state index contributed by atoms with van der Waals surface area (Å²) in [5.74, 6) is 0.163. The number of nitrogens with two attached hydrogens (primary N) is 1. The van der Waals surface area contributed by atoms with E-state index in [9.17, 15) is 4.79 Å². The molecule has 1 aliphatic rings. The van der Waals surface area contributed by atoms with Gasteiger partial charge in [-0.3, -0.25) is 4.79 Å². The summed E-state index contributed by atoms with van der Waals surface area (Å²) < 4.78 is 0. The maximum absolute atomic E-state index is 13.0. The molecule has 4 heteroatoms. The molecule has 3 rings (SSSR count). The van der Waals surface area contributed by atoms with Crippen LogP contribution in [0, 0.1) is 6.92 Å². The highest BCUT2D eigenvalue weighted by molar-refractivity contribution is 5.86. The number of anilines is 2. The summed E-state index contributed by atoms with van der Waals surface area (Å²) in [6, 6.07) is 15.7. The number of rotatable bonds is 5. The van der Waals surface area contributed by atoms with Crippen LogP contribution in [-0.2, 0) is 11.2 Å². The molecule has 1 aliphatic heterocycles. The molecule has 2 aromatic carbocycles. The van der Waals surface area contributed by atoms with Gasteiger partial charge in [0.05, 0.1) is 11.4 Å². The number of carbonyl (C=O) groups is 1. The summed E-state index contributed by atoms with van der Waals surface area (Å²) in [5, 5.41) is 3.37. The van der Waals surface area contributed by atoms with Crippen LogP contribution in [0.2, 0.25) is 0 Å². The number of likely N-dealkylation sites (tertiary alicyclic amines) is 1.